The summed E-state index contributed by atoms with van der Waals surface area (Å²) >= 11 is 0. The van der Waals surface area contributed by atoms with Gasteiger partial charge in [-0.2, -0.15) is 0 Å². The zero-order valence-corrected chi connectivity index (χ0v) is 17.7. The number of benzene rings is 3. The second kappa shape index (κ2) is 10.7. The number of rotatable bonds is 4. The number of hydrogen-bond donors (Lipinski definition) is 1. The van der Waals surface area contributed by atoms with Crippen LogP contribution in [0.1, 0.15) is 51.0 Å². The zero-order valence-electron chi connectivity index (χ0n) is 17.7. The Morgan fingerprint density at radius 1 is 0.793 bits per heavy atom. The van der Waals surface area contributed by atoms with Crippen LogP contribution in [-0.2, 0) is 0 Å². The number of para-hydroxylation sites is 1. The molecule has 0 spiro atoms. The summed E-state index contributed by atoms with van der Waals surface area (Å²) in [5, 5.41) is 9.96. The van der Waals surface area contributed by atoms with E-state index in [1.807, 2.05) is 30.3 Å². The average Bonchev–Trinajstić information content (AvgIpc) is 2.76. The molecule has 1 nitrogen and oxygen atoms in total. The Morgan fingerprint density at radius 2 is 1.55 bits per heavy atom. The van der Waals surface area contributed by atoms with Gasteiger partial charge in [-0.25, -0.2) is 0 Å². The SMILES string of the molecule is CCCC1=CCCCC1.Cc1ccc(-c2cccc(-c3ccccc3O)c2)cc1. The lowest BCUT2D eigenvalue weighted by Gasteiger charge is -2.10. The van der Waals surface area contributed by atoms with Crippen molar-refractivity contribution >= 4 is 0 Å². The van der Waals surface area contributed by atoms with Gasteiger partial charge in [0, 0.05) is 5.56 Å². The Labute approximate surface area is 175 Å². The molecule has 0 saturated carbocycles. The molecule has 3 aromatic rings. The molecular formula is C28H32O. The van der Waals surface area contributed by atoms with Gasteiger partial charge in [0.05, 0.1) is 0 Å². The molecule has 1 heteroatoms. The Kier molecular flexibility index (Phi) is 7.69. The van der Waals surface area contributed by atoms with Gasteiger partial charge in [-0.05, 0) is 67.9 Å². The van der Waals surface area contributed by atoms with Crippen molar-refractivity contribution in [2.75, 3.05) is 0 Å². The molecular weight excluding hydrogens is 352 g/mol. The molecule has 0 heterocycles. The van der Waals surface area contributed by atoms with E-state index in [1.54, 1.807) is 11.6 Å². The molecule has 0 aliphatic heterocycles. The standard InChI is InChI=1S/C19H16O.C9H16/c1-14-9-11-15(12-10-14)16-5-4-6-17(13-16)18-7-2-3-8-19(18)20;1-2-6-9-7-4-3-5-8-9/h2-13,20H,1H3;7H,2-6,8H2,1H3. The molecule has 150 valence electrons. The summed E-state index contributed by atoms with van der Waals surface area (Å²) in [5.41, 5.74) is 7.20. The third kappa shape index (κ3) is 6.09. The van der Waals surface area contributed by atoms with Crippen LogP contribution < -0.4 is 0 Å². The largest absolute Gasteiger partial charge is 0.507 e. The molecule has 4 rings (SSSR count). The molecule has 0 fully saturated rings. The van der Waals surface area contributed by atoms with E-state index in [4.69, 9.17) is 0 Å². The number of phenols is 1. The van der Waals surface area contributed by atoms with E-state index in [9.17, 15) is 5.11 Å². The van der Waals surface area contributed by atoms with Crippen LogP contribution in [0.4, 0.5) is 0 Å². The fraction of sp³-hybridized carbons (Fsp3) is 0.286. The van der Waals surface area contributed by atoms with Crippen molar-refractivity contribution in [3.8, 4) is 28.0 Å². The summed E-state index contributed by atoms with van der Waals surface area (Å²) in [4.78, 5) is 0. The topological polar surface area (TPSA) is 20.2 Å². The summed E-state index contributed by atoms with van der Waals surface area (Å²) < 4.78 is 0. The molecule has 1 N–H and O–H groups in total. The monoisotopic (exact) mass is 384 g/mol. The molecule has 1 aliphatic carbocycles. The maximum Gasteiger partial charge on any atom is 0.123 e. The van der Waals surface area contributed by atoms with Crippen molar-refractivity contribution in [1.82, 2.24) is 0 Å². The highest BCUT2D eigenvalue weighted by Crippen LogP contribution is 2.31. The van der Waals surface area contributed by atoms with Crippen molar-refractivity contribution in [1.29, 1.82) is 0 Å². The van der Waals surface area contributed by atoms with Gasteiger partial charge in [0.15, 0.2) is 0 Å². The summed E-state index contributed by atoms with van der Waals surface area (Å²) in [5.74, 6) is 0.313. The molecule has 0 saturated heterocycles. The quantitative estimate of drug-likeness (QED) is 0.448. The second-order valence-corrected chi connectivity index (χ2v) is 7.82. The highest BCUT2D eigenvalue weighted by Gasteiger charge is 2.05. The first-order valence-corrected chi connectivity index (χ1v) is 10.8. The minimum Gasteiger partial charge on any atom is -0.507 e. The normalized spacial score (nSPS) is 13.2. The summed E-state index contributed by atoms with van der Waals surface area (Å²) in [6.07, 6.45) is 10.7. The third-order valence-corrected chi connectivity index (χ3v) is 5.42. The van der Waals surface area contributed by atoms with Crippen molar-refractivity contribution in [3.63, 3.8) is 0 Å². The van der Waals surface area contributed by atoms with E-state index in [2.05, 4.69) is 56.3 Å². The van der Waals surface area contributed by atoms with Crippen LogP contribution >= 0.6 is 0 Å². The van der Waals surface area contributed by atoms with Crippen LogP contribution in [0.2, 0.25) is 0 Å². The number of phenolic OH excluding ortho intramolecular Hbond substituents is 1. The molecule has 0 amide bonds. The molecule has 0 aromatic heterocycles. The van der Waals surface area contributed by atoms with Crippen molar-refractivity contribution in [2.24, 2.45) is 0 Å². The van der Waals surface area contributed by atoms with Gasteiger partial charge in [-0.15, -0.1) is 0 Å². The molecule has 0 bridgehead atoms. The van der Waals surface area contributed by atoms with E-state index < -0.39 is 0 Å². The summed E-state index contributed by atoms with van der Waals surface area (Å²) in [6.45, 7) is 4.34. The first-order valence-electron chi connectivity index (χ1n) is 10.8. The lowest BCUT2D eigenvalue weighted by atomic mass is 9.96. The molecule has 0 atom stereocenters. The summed E-state index contributed by atoms with van der Waals surface area (Å²) in [7, 11) is 0. The smallest absolute Gasteiger partial charge is 0.123 e. The minimum atomic E-state index is 0.313. The van der Waals surface area contributed by atoms with Gasteiger partial charge >= 0.3 is 0 Å². The third-order valence-electron chi connectivity index (χ3n) is 5.42. The molecule has 0 radical (unpaired) electrons. The maximum atomic E-state index is 9.96. The van der Waals surface area contributed by atoms with Crippen LogP contribution in [0.3, 0.4) is 0 Å². The van der Waals surface area contributed by atoms with Crippen LogP contribution in [0.5, 0.6) is 5.75 Å². The number of allylic oxidation sites excluding steroid dienone is 2. The van der Waals surface area contributed by atoms with Crippen LogP contribution in [0, 0.1) is 6.92 Å². The summed E-state index contributed by atoms with van der Waals surface area (Å²) in [6, 6.07) is 24.1. The van der Waals surface area contributed by atoms with Gasteiger partial charge in [0.2, 0.25) is 0 Å². The molecule has 3 aromatic carbocycles. The van der Waals surface area contributed by atoms with Crippen LogP contribution in [-0.4, -0.2) is 5.11 Å². The molecule has 29 heavy (non-hydrogen) atoms. The average molecular weight is 385 g/mol. The predicted molar refractivity (Wildman–Crippen MR) is 125 cm³/mol. The first-order chi connectivity index (χ1) is 14.2. The van der Waals surface area contributed by atoms with Crippen LogP contribution in [0.15, 0.2) is 84.4 Å². The Morgan fingerprint density at radius 3 is 2.24 bits per heavy atom. The van der Waals surface area contributed by atoms with Gasteiger partial charge in [0.25, 0.3) is 0 Å². The lowest BCUT2D eigenvalue weighted by Crippen LogP contribution is -1.90. The van der Waals surface area contributed by atoms with Crippen molar-refractivity contribution in [3.05, 3.63) is 90.0 Å². The Bertz CT molecular complexity index is 935. The van der Waals surface area contributed by atoms with E-state index in [0.29, 0.717) is 5.75 Å². The fourth-order valence-electron chi connectivity index (χ4n) is 3.78. The Hall–Kier alpha value is -2.80. The predicted octanol–water partition coefficient (Wildman–Crippen LogP) is 8.32. The molecule has 0 unspecified atom stereocenters. The first kappa shape index (κ1) is 20.9. The van der Waals surface area contributed by atoms with E-state index in [0.717, 1.165) is 16.7 Å². The number of aryl methyl sites for hydroxylation is 1. The van der Waals surface area contributed by atoms with E-state index >= 15 is 0 Å². The highest BCUT2D eigenvalue weighted by molar-refractivity contribution is 5.76. The Balaban J connectivity index is 0.000000224. The zero-order chi connectivity index (χ0) is 20.5. The second-order valence-electron chi connectivity index (χ2n) is 7.82. The van der Waals surface area contributed by atoms with Crippen molar-refractivity contribution < 1.29 is 5.11 Å². The van der Waals surface area contributed by atoms with E-state index in [1.165, 1.54) is 49.7 Å². The fourth-order valence-corrected chi connectivity index (χ4v) is 3.78. The van der Waals surface area contributed by atoms with Crippen LogP contribution in [0.25, 0.3) is 22.3 Å². The van der Waals surface area contributed by atoms with Gasteiger partial charge < -0.3 is 5.11 Å². The highest BCUT2D eigenvalue weighted by atomic mass is 16.3. The van der Waals surface area contributed by atoms with Crippen molar-refractivity contribution in [2.45, 2.75) is 52.4 Å². The lowest BCUT2D eigenvalue weighted by molar-refractivity contribution is 0.477. The number of aromatic hydroxyl groups is 1. The van der Waals surface area contributed by atoms with E-state index in [-0.39, 0.29) is 0 Å². The number of hydrogen-bond acceptors (Lipinski definition) is 1. The minimum absolute atomic E-state index is 0.313. The maximum absolute atomic E-state index is 9.96. The molecule has 1 aliphatic rings. The van der Waals surface area contributed by atoms with Gasteiger partial charge in [0.1, 0.15) is 5.75 Å². The van der Waals surface area contributed by atoms with Gasteiger partial charge in [-0.3, -0.25) is 0 Å². The van der Waals surface area contributed by atoms with Gasteiger partial charge in [-0.1, -0.05) is 91.2 Å².